The van der Waals surface area contributed by atoms with Gasteiger partial charge >= 0.3 is 0 Å². The summed E-state index contributed by atoms with van der Waals surface area (Å²) in [7, 11) is 0. The van der Waals surface area contributed by atoms with Crippen molar-refractivity contribution in [1.82, 2.24) is 5.32 Å². The maximum Gasteiger partial charge on any atom is 0.255 e. The average molecular weight is 393 g/mol. The minimum absolute atomic E-state index is 0.121. The number of carbonyl (C=O) groups excluding carboxylic acids is 1. The van der Waals surface area contributed by atoms with Crippen LogP contribution in [0, 0.1) is 6.92 Å². The molecule has 29 heavy (non-hydrogen) atoms. The molecule has 1 heterocycles. The van der Waals surface area contributed by atoms with E-state index in [1.165, 1.54) is 0 Å². The van der Waals surface area contributed by atoms with E-state index >= 15 is 0 Å². The second-order valence-electron chi connectivity index (χ2n) is 7.01. The number of fused-ring (bicyclic) bond motifs is 1. The van der Waals surface area contributed by atoms with Gasteiger partial charge in [-0.15, -0.1) is 0 Å². The van der Waals surface area contributed by atoms with Crippen molar-refractivity contribution in [1.29, 1.82) is 0 Å². The Labute approximate surface area is 170 Å². The van der Waals surface area contributed by atoms with Crippen LogP contribution in [-0.2, 0) is 4.74 Å². The number of unbranched alkanes of at least 4 members (excludes halogenated alkanes) is 1. The molecule has 5 nitrogen and oxygen atoms in total. The Morgan fingerprint density at radius 3 is 2.55 bits per heavy atom. The number of amides is 1. The molecule has 3 rings (SSSR count). The normalized spacial score (nSPS) is 11.0. The molecule has 0 aliphatic carbocycles. The van der Waals surface area contributed by atoms with Gasteiger partial charge in [-0.3, -0.25) is 9.59 Å². The lowest BCUT2D eigenvalue weighted by atomic mass is 10.0. The number of nitrogens with one attached hydrogen (secondary N) is 1. The van der Waals surface area contributed by atoms with Gasteiger partial charge in [-0.2, -0.15) is 0 Å². The van der Waals surface area contributed by atoms with Gasteiger partial charge in [0.05, 0.1) is 10.9 Å². The minimum atomic E-state index is -0.254. The number of benzene rings is 2. The van der Waals surface area contributed by atoms with Gasteiger partial charge in [0.25, 0.3) is 5.91 Å². The van der Waals surface area contributed by atoms with Crippen LogP contribution in [0.3, 0.4) is 0 Å². The van der Waals surface area contributed by atoms with Crippen LogP contribution in [0.5, 0.6) is 0 Å². The average Bonchev–Trinajstić information content (AvgIpc) is 2.75. The van der Waals surface area contributed by atoms with Crippen molar-refractivity contribution in [3.63, 3.8) is 0 Å². The van der Waals surface area contributed by atoms with E-state index in [1.54, 1.807) is 25.1 Å². The van der Waals surface area contributed by atoms with E-state index in [0.29, 0.717) is 41.0 Å². The van der Waals surface area contributed by atoms with Crippen molar-refractivity contribution in [3.05, 3.63) is 69.9 Å². The molecule has 0 saturated carbocycles. The lowest BCUT2D eigenvalue weighted by Crippen LogP contribution is -2.26. The van der Waals surface area contributed by atoms with Crippen LogP contribution < -0.4 is 10.7 Å². The van der Waals surface area contributed by atoms with Crippen LogP contribution in [0.1, 0.15) is 42.1 Å². The summed E-state index contributed by atoms with van der Waals surface area (Å²) in [6.07, 6.45) is 2.89. The first-order valence-electron chi connectivity index (χ1n) is 10.1. The Hall–Kier alpha value is -2.92. The summed E-state index contributed by atoms with van der Waals surface area (Å²) in [4.78, 5) is 25.6. The van der Waals surface area contributed by atoms with E-state index in [-0.39, 0.29) is 11.3 Å². The molecule has 0 unspecified atom stereocenters. The fourth-order valence-electron chi connectivity index (χ4n) is 3.17. The highest BCUT2D eigenvalue weighted by molar-refractivity contribution is 6.05. The Bertz CT molecular complexity index is 1020. The van der Waals surface area contributed by atoms with Crippen LogP contribution in [0.4, 0.5) is 0 Å². The molecule has 5 heteroatoms. The van der Waals surface area contributed by atoms with E-state index in [0.717, 1.165) is 31.4 Å². The van der Waals surface area contributed by atoms with Gasteiger partial charge in [0.2, 0.25) is 0 Å². The molecular formula is C24H27NO4. The predicted octanol–water partition coefficient (Wildman–Crippen LogP) is 4.71. The van der Waals surface area contributed by atoms with Gasteiger partial charge in [-0.25, -0.2) is 0 Å². The van der Waals surface area contributed by atoms with Crippen LogP contribution in [-0.4, -0.2) is 25.7 Å². The number of para-hydroxylation sites is 1. The number of carbonyl (C=O) groups is 1. The number of rotatable bonds is 9. The second-order valence-corrected chi connectivity index (χ2v) is 7.01. The summed E-state index contributed by atoms with van der Waals surface area (Å²) < 4.78 is 11.6. The molecule has 0 fully saturated rings. The Balaban J connectivity index is 1.82. The van der Waals surface area contributed by atoms with E-state index in [1.807, 2.05) is 30.3 Å². The van der Waals surface area contributed by atoms with Gasteiger partial charge < -0.3 is 14.5 Å². The standard InChI is InChI=1S/C24H27NO4/c1-3-4-15-28-16-9-14-25-24(27)20-13-8-12-19-21(26)17(2)22(29-23(19)20)18-10-6-5-7-11-18/h5-8,10-13H,3-4,9,14-16H2,1-2H3,(H,25,27). The zero-order valence-corrected chi connectivity index (χ0v) is 17.0. The lowest BCUT2D eigenvalue weighted by Gasteiger charge is -2.11. The van der Waals surface area contributed by atoms with E-state index < -0.39 is 0 Å². The highest BCUT2D eigenvalue weighted by Gasteiger charge is 2.18. The van der Waals surface area contributed by atoms with Gasteiger partial charge in [0, 0.05) is 30.9 Å². The fraction of sp³-hybridized carbons (Fsp3) is 0.333. The molecule has 0 aliphatic heterocycles. The van der Waals surface area contributed by atoms with Crippen molar-refractivity contribution in [3.8, 4) is 11.3 Å². The predicted molar refractivity (Wildman–Crippen MR) is 115 cm³/mol. The van der Waals surface area contributed by atoms with Crippen LogP contribution >= 0.6 is 0 Å². The highest BCUT2D eigenvalue weighted by Crippen LogP contribution is 2.27. The minimum Gasteiger partial charge on any atom is -0.455 e. The molecule has 0 saturated heterocycles. The van der Waals surface area contributed by atoms with Crippen LogP contribution in [0.15, 0.2) is 57.7 Å². The largest absolute Gasteiger partial charge is 0.455 e. The maximum atomic E-state index is 12.9. The first-order valence-corrected chi connectivity index (χ1v) is 10.1. The van der Waals surface area contributed by atoms with E-state index in [2.05, 4.69) is 12.2 Å². The van der Waals surface area contributed by atoms with Crippen molar-refractivity contribution >= 4 is 16.9 Å². The van der Waals surface area contributed by atoms with Gasteiger partial charge in [0.1, 0.15) is 5.76 Å². The zero-order chi connectivity index (χ0) is 20.6. The van der Waals surface area contributed by atoms with Gasteiger partial charge in [-0.1, -0.05) is 49.7 Å². The van der Waals surface area contributed by atoms with E-state index in [9.17, 15) is 9.59 Å². The van der Waals surface area contributed by atoms with Crippen molar-refractivity contribution in [2.24, 2.45) is 0 Å². The molecule has 1 amide bonds. The molecule has 2 aromatic carbocycles. The summed E-state index contributed by atoms with van der Waals surface area (Å²) in [6.45, 7) is 5.74. The third-order valence-electron chi connectivity index (χ3n) is 4.82. The van der Waals surface area contributed by atoms with Crippen molar-refractivity contribution in [2.75, 3.05) is 19.8 Å². The quantitative estimate of drug-likeness (QED) is 0.535. The monoisotopic (exact) mass is 393 g/mol. The molecule has 0 aliphatic rings. The lowest BCUT2D eigenvalue weighted by molar-refractivity contribution is 0.0941. The maximum absolute atomic E-state index is 12.9. The third kappa shape index (κ3) is 4.93. The molecule has 152 valence electrons. The van der Waals surface area contributed by atoms with Crippen LogP contribution in [0.2, 0.25) is 0 Å². The highest BCUT2D eigenvalue weighted by atomic mass is 16.5. The molecule has 1 N–H and O–H groups in total. The summed E-state index contributed by atoms with van der Waals surface area (Å²) in [5.74, 6) is 0.239. The molecule has 0 bridgehead atoms. The molecule has 0 spiro atoms. The molecular weight excluding hydrogens is 366 g/mol. The second kappa shape index (κ2) is 10.0. The summed E-state index contributed by atoms with van der Waals surface area (Å²) in [5.41, 5.74) is 1.90. The summed E-state index contributed by atoms with van der Waals surface area (Å²) in [6, 6.07) is 14.5. The van der Waals surface area contributed by atoms with Crippen molar-refractivity contribution in [2.45, 2.75) is 33.1 Å². The zero-order valence-electron chi connectivity index (χ0n) is 17.0. The SMILES string of the molecule is CCCCOCCCNC(=O)c1cccc2c(=O)c(C)c(-c3ccccc3)oc12. The van der Waals surface area contributed by atoms with Crippen LogP contribution in [0.25, 0.3) is 22.3 Å². The molecule has 0 radical (unpaired) electrons. The molecule has 0 atom stereocenters. The molecule has 3 aromatic rings. The number of ether oxygens (including phenoxy) is 1. The fourth-order valence-corrected chi connectivity index (χ4v) is 3.17. The molecule has 1 aromatic heterocycles. The Morgan fingerprint density at radius 2 is 1.79 bits per heavy atom. The van der Waals surface area contributed by atoms with Gasteiger partial charge in [-0.05, 0) is 31.9 Å². The topological polar surface area (TPSA) is 68.5 Å². The third-order valence-corrected chi connectivity index (χ3v) is 4.82. The first-order chi connectivity index (χ1) is 14.1. The number of hydrogen-bond acceptors (Lipinski definition) is 4. The smallest absolute Gasteiger partial charge is 0.255 e. The number of hydrogen-bond donors (Lipinski definition) is 1. The Morgan fingerprint density at radius 1 is 1.03 bits per heavy atom. The van der Waals surface area contributed by atoms with E-state index in [4.69, 9.17) is 9.15 Å². The Kier molecular flexibility index (Phi) is 7.19. The van der Waals surface area contributed by atoms with Gasteiger partial charge in [0.15, 0.2) is 11.0 Å². The summed E-state index contributed by atoms with van der Waals surface area (Å²) in [5, 5.41) is 3.31. The van der Waals surface area contributed by atoms with Crippen molar-refractivity contribution < 1.29 is 13.9 Å². The summed E-state index contributed by atoms with van der Waals surface area (Å²) >= 11 is 0. The first kappa shape index (κ1) is 20.8.